The van der Waals surface area contributed by atoms with Crippen molar-refractivity contribution in [3.63, 3.8) is 0 Å². The molecule has 0 amide bonds. The molecule has 0 saturated heterocycles. The lowest BCUT2D eigenvalue weighted by molar-refractivity contribution is 0.571. The summed E-state index contributed by atoms with van der Waals surface area (Å²) in [5.41, 5.74) is 6.11. The largest absolute Gasteiger partial charge is 0.358 e. The fourth-order valence-electron chi connectivity index (χ4n) is 3.63. The van der Waals surface area contributed by atoms with Crippen LogP contribution in [0.2, 0.25) is 0 Å². The third-order valence-electron chi connectivity index (χ3n) is 5.05. The van der Waals surface area contributed by atoms with Crippen LogP contribution in [-0.4, -0.2) is 9.97 Å². The van der Waals surface area contributed by atoms with E-state index in [0.29, 0.717) is 0 Å². The molecule has 0 unspecified atom stereocenters. The van der Waals surface area contributed by atoms with Crippen LogP contribution in [0.4, 0.5) is 0 Å². The van der Waals surface area contributed by atoms with Crippen molar-refractivity contribution in [1.29, 1.82) is 0 Å². The first-order valence-electron chi connectivity index (χ1n) is 9.01. The fraction of sp³-hybridized carbons (Fsp3) is 0.348. The highest BCUT2D eigenvalue weighted by Crippen LogP contribution is 2.39. The lowest BCUT2D eigenvalue weighted by Gasteiger charge is -2.23. The number of hydrogen-bond acceptors (Lipinski definition) is 1. The molecule has 1 N–H and O–H groups in total. The maximum absolute atomic E-state index is 4.99. The van der Waals surface area contributed by atoms with Gasteiger partial charge in [0, 0.05) is 32.8 Å². The van der Waals surface area contributed by atoms with Gasteiger partial charge in [0.2, 0.25) is 0 Å². The lowest BCUT2D eigenvalue weighted by atomic mass is 9.83. The van der Waals surface area contributed by atoms with Gasteiger partial charge in [0.25, 0.3) is 0 Å². The number of hydrogen-bond donors (Lipinski definition) is 1. The van der Waals surface area contributed by atoms with Crippen molar-refractivity contribution in [2.24, 2.45) is 0 Å². The summed E-state index contributed by atoms with van der Waals surface area (Å²) in [4.78, 5) is 8.67. The van der Waals surface area contributed by atoms with Gasteiger partial charge in [0.1, 0.15) is 0 Å². The van der Waals surface area contributed by atoms with Crippen molar-refractivity contribution in [3.8, 4) is 0 Å². The Labute approximate surface area is 149 Å². The minimum absolute atomic E-state index is 0.0524. The maximum Gasteiger partial charge on any atom is 0.0812 e. The molecule has 128 valence electrons. The Kier molecular flexibility index (Phi) is 3.28. The maximum atomic E-state index is 4.99. The summed E-state index contributed by atoms with van der Waals surface area (Å²) in [6, 6.07) is 15.2. The number of benzene rings is 2. The van der Waals surface area contributed by atoms with Crippen molar-refractivity contribution in [3.05, 3.63) is 53.7 Å². The van der Waals surface area contributed by atoms with Gasteiger partial charge in [-0.15, -0.1) is 0 Å². The first kappa shape index (κ1) is 16.1. The van der Waals surface area contributed by atoms with Gasteiger partial charge < -0.3 is 4.98 Å². The second-order valence-corrected chi connectivity index (χ2v) is 9.11. The third-order valence-corrected chi connectivity index (χ3v) is 5.05. The Hall–Kier alpha value is -2.35. The van der Waals surface area contributed by atoms with E-state index >= 15 is 0 Å². The zero-order chi connectivity index (χ0) is 18.0. The van der Waals surface area contributed by atoms with E-state index in [1.807, 2.05) is 0 Å². The number of pyridine rings is 1. The lowest BCUT2D eigenvalue weighted by Crippen LogP contribution is -2.14. The number of H-pyrrole nitrogens is 1. The Morgan fingerprint density at radius 1 is 0.800 bits per heavy atom. The van der Waals surface area contributed by atoms with E-state index in [1.165, 1.54) is 32.9 Å². The molecule has 4 rings (SSSR count). The SMILES string of the molecule is CC(C)(C)c1ccc2c(cc(C(C)(C)C)c3c4ccccc4nc23)[nH]1. The predicted molar refractivity (Wildman–Crippen MR) is 109 cm³/mol. The molecule has 4 aromatic rings. The third kappa shape index (κ3) is 2.52. The van der Waals surface area contributed by atoms with E-state index < -0.39 is 0 Å². The topological polar surface area (TPSA) is 28.7 Å². The zero-order valence-electron chi connectivity index (χ0n) is 16.0. The molecule has 0 aliphatic rings. The minimum atomic E-state index is 0.0524. The van der Waals surface area contributed by atoms with Gasteiger partial charge in [-0.25, -0.2) is 4.98 Å². The molecule has 0 spiro atoms. The molecular formula is C23H26N2. The van der Waals surface area contributed by atoms with Crippen molar-refractivity contribution in [1.82, 2.24) is 9.97 Å². The van der Waals surface area contributed by atoms with Crippen LogP contribution >= 0.6 is 0 Å². The highest BCUT2D eigenvalue weighted by atomic mass is 14.7. The molecular weight excluding hydrogens is 304 g/mol. The van der Waals surface area contributed by atoms with Crippen LogP contribution in [0, 0.1) is 0 Å². The molecule has 2 heteroatoms. The van der Waals surface area contributed by atoms with E-state index in [1.54, 1.807) is 0 Å². The molecule has 0 bridgehead atoms. The van der Waals surface area contributed by atoms with E-state index in [4.69, 9.17) is 4.98 Å². The Bertz CT molecular complexity index is 1100. The number of fused-ring (bicyclic) bond motifs is 5. The molecule has 0 saturated carbocycles. The van der Waals surface area contributed by atoms with Crippen molar-refractivity contribution in [2.75, 3.05) is 0 Å². The van der Waals surface area contributed by atoms with Crippen molar-refractivity contribution < 1.29 is 0 Å². The molecule has 2 heterocycles. The van der Waals surface area contributed by atoms with Crippen LogP contribution in [0.3, 0.4) is 0 Å². The van der Waals surface area contributed by atoms with Gasteiger partial charge in [-0.05, 0) is 35.2 Å². The summed E-state index contributed by atoms with van der Waals surface area (Å²) in [5, 5.41) is 3.75. The number of aromatic amines is 1. The second kappa shape index (κ2) is 5.08. The highest BCUT2D eigenvalue weighted by molar-refractivity contribution is 6.18. The van der Waals surface area contributed by atoms with Gasteiger partial charge >= 0.3 is 0 Å². The Balaban J connectivity index is 2.21. The van der Waals surface area contributed by atoms with E-state index in [0.717, 1.165) is 11.0 Å². The summed E-state index contributed by atoms with van der Waals surface area (Å²) >= 11 is 0. The predicted octanol–water partition coefficient (Wildman–Crippen LogP) is 6.46. The molecule has 0 fully saturated rings. The molecule has 2 nitrogen and oxygen atoms in total. The number of rotatable bonds is 0. The highest BCUT2D eigenvalue weighted by Gasteiger charge is 2.23. The monoisotopic (exact) mass is 330 g/mol. The van der Waals surface area contributed by atoms with Gasteiger partial charge in [0.15, 0.2) is 0 Å². The Morgan fingerprint density at radius 3 is 2.20 bits per heavy atom. The van der Waals surface area contributed by atoms with Crippen LogP contribution in [-0.2, 0) is 10.8 Å². The molecule has 0 aliphatic heterocycles. The zero-order valence-corrected chi connectivity index (χ0v) is 16.0. The number of nitrogens with zero attached hydrogens (tertiary/aromatic N) is 1. The van der Waals surface area contributed by atoms with Crippen LogP contribution in [0.15, 0.2) is 42.5 Å². The molecule has 25 heavy (non-hydrogen) atoms. The van der Waals surface area contributed by atoms with Crippen LogP contribution < -0.4 is 0 Å². The summed E-state index contributed by atoms with van der Waals surface area (Å²) in [6.45, 7) is 13.6. The molecule has 0 aliphatic carbocycles. The molecule has 0 atom stereocenters. The molecule has 2 aromatic heterocycles. The Morgan fingerprint density at radius 2 is 1.52 bits per heavy atom. The first-order chi connectivity index (χ1) is 11.7. The summed E-state index contributed by atoms with van der Waals surface area (Å²) in [7, 11) is 0. The first-order valence-corrected chi connectivity index (χ1v) is 9.01. The molecule has 0 radical (unpaired) electrons. The smallest absolute Gasteiger partial charge is 0.0812 e. The van der Waals surface area contributed by atoms with Gasteiger partial charge in [-0.2, -0.15) is 0 Å². The summed E-state index contributed by atoms with van der Waals surface area (Å²) < 4.78 is 0. The minimum Gasteiger partial charge on any atom is -0.358 e. The van der Waals surface area contributed by atoms with Crippen molar-refractivity contribution >= 4 is 32.7 Å². The van der Waals surface area contributed by atoms with E-state index in [2.05, 4.69) is 89.0 Å². The second-order valence-electron chi connectivity index (χ2n) is 9.11. The van der Waals surface area contributed by atoms with Gasteiger partial charge in [-0.1, -0.05) is 59.7 Å². The van der Waals surface area contributed by atoms with Gasteiger partial charge in [-0.3, -0.25) is 0 Å². The van der Waals surface area contributed by atoms with Crippen LogP contribution in [0.1, 0.15) is 52.8 Å². The average molecular weight is 330 g/mol. The summed E-state index contributed by atoms with van der Waals surface area (Å²) in [5.74, 6) is 0. The number of aromatic nitrogens is 2. The standard InChI is InChI=1S/C23H26N2/c1-22(2,3)16-13-18-15(11-12-19(24-18)23(4,5)6)21-20(16)14-9-7-8-10-17(14)25-21/h7-13,24H,1-6H3. The number of para-hydroxylation sites is 1. The van der Waals surface area contributed by atoms with Crippen molar-refractivity contribution in [2.45, 2.75) is 52.4 Å². The van der Waals surface area contributed by atoms with E-state index in [9.17, 15) is 0 Å². The average Bonchev–Trinajstić information content (AvgIpc) is 2.91. The van der Waals surface area contributed by atoms with E-state index in [-0.39, 0.29) is 10.8 Å². The molecule has 2 aromatic carbocycles. The summed E-state index contributed by atoms with van der Waals surface area (Å²) in [6.07, 6.45) is 0. The normalized spacial score (nSPS) is 13.2. The fourth-order valence-corrected chi connectivity index (χ4v) is 3.63. The van der Waals surface area contributed by atoms with Gasteiger partial charge in [0.05, 0.1) is 11.0 Å². The van der Waals surface area contributed by atoms with Crippen LogP contribution in [0.5, 0.6) is 0 Å². The quantitative estimate of drug-likeness (QED) is 0.393. The van der Waals surface area contributed by atoms with Crippen LogP contribution in [0.25, 0.3) is 32.7 Å². The number of nitrogens with one attached hydrogen (secondary N) is 1.